The molecule has 0 saturated carbocycles. The highest BCUT2D eigenvalue weighted by Crippen LogP contribution is 2.44. The lowest BCUT2D eigenvalue weighted by atomic mass is 9.84. The fourth-order valence-corrected chi connectivity index (χ4v) is 3.44. The number of carbonyl (C=O) groups is 1. The minimum Gasteiger partial charge on any atom is -0.493 e. The Labute approximate surface area is 158 Å². The molecule has 0 aromatic heterocycles. The number of hydrogen-bond donors (Lipinski definition) is 1. The minimum absolute atomic E-state index is 0.155. The first kappa shape index (κ1) is 18.8. The topological polar surface area (TPSA) is 77.5 Å². The zero-order valence-corrected chi connectivity index (χ0v) is 16.0. The molecule has 0 aliphatic carbocycles. The Hall–Kier alpha value is -2.93. The smallest absolute Gasteiger partial charge is 0.229 e. The molecule has 7 heteroatoms. The van der Waals surface area contributed by atoms with Crippen LogP contribution in [-0.2, 0) is 16.9 Å². The SMILES string of the molecule is COc1ccc(C2(O)c3cc(OC)c(OC)cc3CC(=O)N2C)cc1OC. The third kappa shape index (κ3) is 2.84. The van der Waals surface area contributed by atoms with Crippen LogP contribution in [0.25, 0.3) is 0 Å². The van der Waals surface area contributed by atoms with E-state index < -0.39 is 5.72 Å². The number of carbonyl (C=O) groups excluding carboxylic acids is 1. The van der Waals surface area contributed by atoms with Gasteiger partial charge in [-0.2, -0.15) is 0 Å². The number of nitrogens with zero attached hydrogens (tertiary/aromatic N) is 1. The maximum Gasteiger partial charge on any atom is 0.229 e. The van der Waals surface area contributed by atoms with Gasteiger partial charge >= 0.3 is 0 Å². The van der Waals surface area contributed by atoms with E-state index in [1.807, 2.05) is 0 Å². The van der Waals surface area contributed by atoms with Crippen LogP contribution in [0.15, 0.2) is 30.3 Å². The maximum atomic E-state index is 12.6. The Morgan fingerprint density at radius 1 is 0.889 bits per heavy atom. The average molecular weight is 373 g/mol. The minimum atomic E-state index is -1.69. The van der Waals surface area contributed by atoms with E-state index >= 15 is 0 Å². The van der Waals surface area contributed by atoms with Gasteiger partial charge in [-0.25, -0.2) is 0 Å². The first-order chi connectivity index (χ1) is 12.9. The van der Waals surface area contributed by atoms with Crippen molar-refractivity contribution in [3.63, 3.8) is 0 Å². The molecule has 7 nitrogen and oxygen atoms in total. The highest BCUT2D eigenvalue weighted by Gasteiger charge is 2.45. The number of benzene rings is 2. The van der Waals surface area contributed by atoms with Gasteiger partial charge in [-0.3, -0.25) is 4.79 Å². The van der Waals surface area contributed by atoms with Gasteiger partial charge in [-0.1, -0.05) is 0 Å². The number of rotatable bonds is 5. The van der Waals surface area contributed by atoms with Gasteiger partial charge in [-0.15, -0.1) is 0 Å². The highest BCUT2D eigenvalue weighted by atomic mass is 16.5. The average Bonchev–Trinajstić information content (AvgIpc) is 2.70. The van der Waals surface area contributed by atoms with Crippen molar-refractivity contribution in [2.45, 2.75) is 12.1 Å². The summed E-state index contributed by atoms with van der Waals surface area (Å²) >= 11 is 0. The summed E-state index contributed by atoms with van der Waals surface area (Å²) < 4.78 is 21.4. The van der Waals surface area contributed by atoms with Gasteiger partial charge in [0.1, 0.15) is 0 Å². The van der Waals surface area contributed by atoms with Crippen LogP contribution in [0.3, 0.4) is 0 Å². The first-order valence-electron chi connectivity index (χ1n) is 8.37. The van der Waals surface area contributed by atoms with Gasteiger partial charge in [0.15, 0.2) is 28.7 Å². The molecule has 1 aliphatic heterocycles. The van der Waals surface area contributed by atoms with E-state index in [0.717, 1.165) is 0 Å². The molecular formula is C20H23NO6. The van der Waals surface area contributed by atoms with E-state index in [2.05, 4.69) is 0 Å². The molecule has 3 rings (SSSR count). The lowest BCUT2D eigenvalue weighted by Gasteiger charge is -2.43. The van der Waals surface area contributed by atoms with Crippen molar-refractivity contribution in [3.05, 3.63) is 47.0 Å². The third-order valence-corrected chi connectivity index (χ3v) is 4.97. The number of methoxy groups -OCH3 is 4. The van der Waals surface area contributed by atoms with Crippen molar-refractivity contribution in [1.29, 1.82) is 0 Å². The number of aliphatic hydroxyl groups is 1. The molecule has 1 atom stereocenters. The van der Waals surface area contributed by atoms with Crippen molar-refractivity contribution in [1.82, 2.24) is 4.90 Å². The van der Waals surface area contributed by atoms with E-state index in [1.165, 1.54) is 33.3 Å². The van der Waals surface area contributed by atoms with Crippen LogP contribution >= 0.6 is 0 Å². The molecular weight excluding hydrogens is 350 g/mol. The zero-order chi connectivity index (χ0) is 19.8. The van der Waals surface area contributed by atoms with Gasteiger partial charge in [0.2, 0.25) is 5.91 Å². The predicted molar refractivity (Wildman–Crippen MR) is 98.6 cm³/mol. The molecule has 2 aromatic rings. The maximum absolute atomic E-state index is 12.6. The number of hydrogen-bond acceptors (Lipinski definition) is 6. The normalized spacial score (nSPS) is 18.7. The van der Waals surface area contributed by atoms with Crippen LogP contribution in [-0.4, -0.2) is 51.4 Å². The summed E-state index contributed by atoms with van der Waals surface area (Å²) in [5.74, 6) is 1.74. The van der Waals surface area contributed by atoms with Gasteiger partial charge < -0.3 is 29.0 Å². The Bertz CT molecular complexity index is 881. The molecule has 144 valence electrons. The van der Waals surface area contributed by atoms with Crippen LogP contribution in [0.4, 0.5) is 0 Å². The Morgan fingerprint density at radius 3 is 2.04 bits per heavy atom. The standard InChI is InChI=1S/C20H23NO6/c1-21-19(22)9-12-8-16(25-3)18(27-5)11-14(12)20(21,23)13-6-7-15(24-2)17(10-13)26-4/h6-8,10-11,23H,9H2,1-5H3. The molecule has 1 heterocycles. The van der Waals surface area contributed by atoms with Crippen LogP contribution in [0.1, 0.15) is 16.7 Å². The zero-order valence-electron chi connectivity index (χ0n) is 16.0. The molecule has 2 aromatic carbocycles. The summed E-state index contributed by atoms with van der Waals surface area (Å²) in [5.41, 5.74) is 0.00992. The molecule has 0 fully saturated rings. The number of amides is 1. The molecule has 0 spiro atoms. The van der Waals surface area contributed by atoms with Gasteiger partial charge in [0.05, 0.1) is 34.9 Å². The van der Waals surface area contributed by atoms with E-state index in [1.54, 1.807) is 37.4 Å². The van der Waals surface area contributed by atoms with Crippen molar-refractivity contribution >= 4 is 5.91 Å². The number of ether oxygens (including phenoxy) is 4. The van der Waals surface area contributed by atoms with E-state index in [9.17, 15) is 9.90 Å². The van der Waals surface area contributed by atoms with E-state index in [-0.39, 0.29) is 12.3 Å². The van der Waals surface area contributed by atoms with Gasteiger partial charge in [0.25, 0.3) is 0 Å². The second-order valence-corrected chi connectivity index (χ2v) is 6.24. The van der Waals surface area contributed by atoms with Crippen LogP contribution in [0.2, 0.25) is 0 Å². The Balaban J connectivity index is 2.27. The number of likely N-dealkylation sites (N-methyl/N-ethyl adjacent to an activating group) is 1. The van der Waals surface area contributed by atoms with Crippen LogP contribution in [0.5, 0.6) is 23.0 Å². The third-order valence-electron chi connectivity index (χ3n) is 4.97. The lowest BCUT2D eigenvalue weighted by Crippen LogP contribution is -2.52. The summed E-state index contributed by atoms with van der Waals surface area (Å²) in [7, 11) is 7.68. The van der Waals surface area contributed by atoms with Gasteiger partial charge in [0, 0.05) is 18.2 Å². The summed E-state index contributed by atoms with van der Waals surface area (Å²) in [4.78, 5) is 13.9. The lowest BCUT2D eigenvalue weighted by molar-refractivity contribution is -0.152. The molecule has 0 saturated heterocycles. The quantitative estimate of drug-likeness (QED) is 0.863. The largest absolute Gasteiger partial charge is 0.493 e. The molecule has 0 bridgehead atoms. The van der Waals surface area contributed by atoms with Crippen molar-refractivity contribution in [2.75, 3.05) is 35.5 Å². The van der Waals surface area contributed by atoms with Crippen molar-refractivity contribution < 1.29 is 28.8 Å². The molecule has 1 amide bonds. The van der Waals surface area contributed by atoms with E-state index in [0.29, 0.717) is 39.7 Å². The van der Waals surface area contributed by atoms with Crippen LogP contribution in [0, 0.1) is 0 Å². The first-order valence-corrected chi connectivity index (χ1v) is 8.37. The monoisotopic (exact) mass is 373 g/mol. The fourth-order valence-electron chi connectivity index (χ4n) is 3.44. The molecule has 1 aliphatic rings. The molecule has 1 N–H and O–H groups in total. The Morgan fingerprint density at radius 2 is 1.44 bits per heavy atom. The molecule has 27 heavy (non-hydrogen) atoms. The summed E-state index contributed by atoms with van der Waals surface area (Å²) in [5, 5.41) is 11.7. The number of fused-ring (bicyclic) bond motifs is 1. The molecule has 0 radical (unpaired) electrons. The Kier molecular flexibility index (Phi) is 4.89. The molecule has 1 unspecified atom stereocenters. The fraction of sp³-hybridized carbons (Fsp3) is 0.350. The van der Waals surface area contributed by atoms with Crippen molar-refractivity contribution in [3.8, 4) is 23.0 Å². The second kappa shape index (κ2) is 7.00. The summed E-state index contributed by atoms with van der Waals surface area (Å²) in [6.45, 7) is 0. The van der Waals surface area contributed by atoms with Crippen LogP contribution < -0.4 is 18.9 Å². The van der Waals surface area contributed by atoms with E-state index in [4.69, 9.17) is 18.9 Å². The summed E-state index contributed by atoms with van der Waals surface area (Å²) in [6, 6.07) is 8.49. The highest BCUT2D eigenvalue weighted by molar-refractivity contribution is 5.83. The summed E-state index contributed by atoms with van der Waals surface area (Å²) in [6.07, 6.45) is 0.155. The second-order valence-electron chi connectivity index (χ2n) is 6.24. The van der Waals surface area contributed by atoms with Gasteiger partial charge in [-0.05, 0) is 35.9 Å². The van der Waals surface area contributed by atoms with Crippen molar-refractivity contribution in [2.24, 2.45) is 0 Å². The predicted octanol–water partition coefficient (Wildman–Crippen LogP) is 1.93.